The molecule has 78 valence electrons. The van der Waals surface area contributed by atoms with E-state index in [-0.39, 0.29) is 12.1 Å². The summed E-state index contributed by atoms with van der Waals surface area (Å²) in [7, 11) is 0. The summed E-state index contributed by atoms with van der Waals surface area (Å²) in [6.45, 7) is 0.746. The molecule has 0 aliphatic carbocycles. The van der Waals surface area contributed by atoms with Crippen LogP contribution in [0, 0.1) is 0 Å². The molecule has 1 aliphatic heterocycles. The number of benzene rings is 1. The Bertz CT molecular complexity index is 359. The van der Waals surface area contributed by atoms with Crippen molar-refractivity contribution in [3.8, 4) is 0 Å². The van der Waals surface area contributed by atoms with E-state index in [0.717, 1.165) is 18.5 Å². The normalized spacial score (nSPS) is 21.1. The topological polar surface area (TPSA) is 41.1 Å². The SMILES string of the molecule is O=C1NCCC(C=Cc2ccccc2)N1. The van der Waals surface area contributed by atoms with Crippen molar-refractivity contribution in [3.63, 3.8) is 0 Å². The smallest absolute Gasteiger partial charge is 0.315 e. The maximum atomic E-state index is 11.0. The Morgan fingerprint density at radius 1 is 1.27 bits per heavy atom. The molecule has 1 aliphatic rings. The maximum absolute atomic E-state index is 11.0. The summed E-state index contributed by atoms with van der Waals surface area (Å²) in [5.41, 5.74) is 1.16. The minimum Gasteiger partial charge on any atom is -0.338 e. The molecular formula is C12H14N2O. The zero-order valence-electron chi connectivity index (χ0n) is 8.44. The number of carbonyl (C=O) groups is 1. The van der Waals surface area contributed by atoms with Crippen molar-refractivity contribution < 1.29 is 4.79 Å². The summed E-state index contributed by atoms with van der Waals surface area (Å²) in [5, 5.41) is 5.58. The van der Waals surface area contributed by atoms with Gasteiger partial charge < -0.3 is 10.6 Å². The van der Waals surface area contributed by atoms with Crippen molar-refractivity contribution in [2.45, 2.75) is 12.5 Å². The average molecular weight is 202 g/mol. The molecule has 1 aromatic carbocycles. The monoisotopic (exact) mass is 202 g/mol. The summed E-state index contributed by atoms with van der Waals surface area (Å²) in [6, 6.07) is 10.1. The Balaban J connectivity index is 1.96. The molecule has 2 amide bonds. The fourth-order valence-corrected chi connectivity index (χ4v) is 1.57. The van der Waals surface area contributed by atoms with Crippen molar-refractivity contribution >= 4 is 12.1 Å². The summed E-state index contributed by atoms with van der Waals surface area (Å²) in [4.78, 5) is 11.0. The van der Waals surface area contributed by atoms with Gasteiger partial charge in [-0.15, -0.1) is 0 Å². The highest BCUT2D eigenvalue weighted by Gasteiger charge is 2.13. The number of nitrogens with one attached hydrogen (secondary N) is 2. The quantitative estimate of drug-likeness (QED) is 0.754. The van der Waals surface area contributed by atoms with E-state index in [2.05, 4.69) is 10.6 Å². The number of carbonyl (C=O) groups excluding carboxylic acids is 1. The molecule has 1 heterocycles. The molecule has 0 spiro atoms. The molecule has 1 unspecified atom stereocenters. The molecule has 0 radical (unpaired) electrons. The zero-order valence-corrected chi connectivity index (χ0v) is 8.44. The van der Waals surface area contributed by atoms with Crippen LogP contribution >= 0.6 is 0 Å². The van der Waals surface area contributed by atoms with Gasteiger partial charge in [0.2, 0.25) is 0 Å². The maximum Gasteiger partial charge on any atom is 0.315 e. The highest BCUT2D eigenvalue weighted by Crippen LogP contribution is 2.04. The predicted octanol–water partition coefficient (Wildman–Crippen LogP) is 1.77. The summed E-state index contributed by atoms with van der Waals surface area (Å²) in [6.07, 6.45) is 5.01. The second kappa shape index (κ2) is 4.64. The van der Waals surface area contributed by atoms with Crippen molar-refractivity contribution in [1.82, 2.24) is 10.6 Å². The summed E-state index contributed by atoms with van der Waals surface area (Å²) < 4.78 is 0. The lowest BCUT2D eigenvalue weighted by Gasteiger charge is -2.21. The molecule has 2 rings (SSSR count). The van der Waals surface area contributed by atoms with Crippen LogP contribution in [-0.2, 0) is 0 Å². The third-order valence-electron chi connectivity index (χ3n) is 2.38. The lowest BCUT2D eigenvalue weighted by molar-refractivity contribution is 0.232. The third kappa shape index (κ3) is 2.84. The largest absolute Gasteiger partial charge is 0.338 e. The van der Waals surface area contributed by atoms with E-state index in [0.29, 0.717) is 0 Å². The number of rotatable bonds is 2. The third-order valence-corrected chi connectivity index (χ3v) is 2.38. The first kappa shape index (κ1) is 9.77. The molecule has 3 nitrogen and oxygen atoms in total. The van der Waals surface area contributed by atoms with Crippen LogP contribution in [0.2, 0.25) is 0 Å². The minimum atomic E-state index is -0.0797. The zero-order chi connectivity index (χ0) is 10.5. The van der Waals surface area contributed by atoms with Gasteiger partial charge in [-0.3, -0.25) is 0 Å². The predicted molar refractivity (Wildman–Crippen MR) is 60.4 cm³/mol. The van der Waals surface area contributed by atoms with E-state index in [4.69, 9.17) is 0 Å². The van der Waals surface area contributed by atoms with Crippen LogP contribution in [0.25, 0.3) is 6.08 Å². The first-order valence-corrected chi connectivity index (χ1v) is 5.12. The Hall–Kier alpha value is -1.77. The summed E-state index contributed by atoms with van der Waals surface area (Å²) >= 11 is 0. The minimum absolute atomic E-state index is 0.0797. The molecule has 3 heteroatoms. The fourth-order valence-electron chi connectivity index (χ4n) is 1.57. The second-order valence-electron chi connectivity index (χ2n) is 3.57. The van der Waals surface area contributed by atoms with E-state index in [9.17, 15) is 4.79 Å². The van der Waals surface area contributed by atoms with Crippen molar-refractivity contribution in [2.75, 3.05) is 6.54 Å². The Morgan fingerprint density at radius 2 is 2.07 bits per heavy atom. The average Bonchev–Trinajstić information content (AvgIpc) is 2.28. The van der Waals surface area contributed by atoms with Crippen LogP contribution in [-0.4, -0.2) is 18.6 Å². The van der Waals surface area contributed by atoms with Gasteiger partial charge in [-0.25, -0.2) is 4.79 Å². The first-order valence-electron chi connectivity index (χ1n) is 5.12. The first-order chi connectivity index (χ1) is 7.34. The molecular weight excluding hydrogens is 188 g/mol. The molecule has 1 atom stereocenters. The number of amides is 2. The molecule has 1 saturated heterocycles. The lowest BCUT2D eigenvalue weighted by Crippen LogP contribution is -2.48. The molecule has 2 N–H and O–H groups in total. The van der Waals surface area contributed by atoms with Gasteiger partial charge in [-0.1, -0.05) is 42.5 Å². The van der Waals surface area contributed by atoms with Gasteiger partial charge in [0.1, 0.15) is 0 Å². The standard InChI is InChI=1S/C12H14N2O/c15-12-13-9-8-11(14-12)7-6-10-4-2-1-3-5-10/h1-7,11H,8-9H2,(H2,13,14,15). The Morgan fingerprint density at radius 3 is 2.80 bits per heavy atom. The lowest BCUT2D eigenvalue weighted by atomic mass is 10.1. The van der Waals surface area contributed by atoms with Gasteiger partial charge in [0.25, 0.3) is 0 Å². The molecule has 15 heavy (non-hydrogen) atoms. The van der Waals surface area contributed by atoms with E-state index >= 15 is 0 Å². The van der Waals surface area contributed by atoms with E-state index < -0.39 is 0 Å². The second-order valence-corrected chi connectivity index (χ2v) is 3.57. The van der Waals surface area contributed by atoms with E-state index in [1.165, 1.54) is 0 Å². The molecule has 0 bridgehead atoms. The van der Waals surface area contributed by atoms with Gasteiger partial charge in [0.05, 0.1) is 6.04 Å². The Labute approximate surface area is 89.2 Å². The summed E-state index contributed by atoms with van der Waals surface area (Å²) in [5.74, 6) is 0. The molecule has 0 saturated carbocycles. The number of hydrogen-bond acceptors (Lipinski definition) is 1. The van der Waals surface area contributed by atoms with Gasteiger partial charge in [-0.2, -0.15) is 0 Å². The highest BCUT2D eigenvalue weighted by atomic mass is 16.2. The molecule has 1 aromatic rings. The highest BCUT2D eigenvalue weighted by molar-refractivity contribution is 5.75. The van der Waals surface area contributed by atoms with Crippen LogP contribution in [0.15, 0.2) is 36.4 Å². The van der Waals surface area contributed by atoms with Crippen molar-refractivity contribution in [3.05, 3.63) is 42.0 Å². The van der Waals surface area contributed by atoms with E-state index in [1.807, 2.05) is 42.5 Å². The number of hydrogen-bond donors (Lipinski definition) is 2. The van der Waals surface area contributed by atoms with Crippen LogP contribution in [0.5, 0.6) is 0 Å². The van der Waals surface area contributed by atoms with Gasteiger partial charge in [0.15, 0.2) is 0 Å². The molecule has 0 aromatic heterocycles. The van der Waals surface area contributed by atoms with Gasteiger partial charge in [0, 0.05) is 6.54 Å². The van der Waals surface area contributed by atoms with Crippen molar-refractivity contribution in [1.29, 1.82) is 0 Å². The van der Waals surface area contributed by atoms with Crippen LogP contribution in [0.1, 0.15) is 12.0 Å². The van der Waals surface area contributed by atoms with Crippen molar-refractivity contribution in [2.24, 2.45) is 0 Å². The van der Waals surface area contributed by atoms with Crippen LogP contribution in [0.4, 0.5) is 4.79 Å². The van der Waals surface area contributed by atoms with Gasteiger partial charge in [-0.05, 0) is 12.0 Å². The van der Waals surface area contributed by atoms with E-state index in [1.54, 1.807) is 0 Å². The molecule has 1 fully saturated rings. The Kier molecular flexibility index (Phi) is 3.02. The van der Waals surface area contributed by atoms with Crippen LogP contribution < -0.4 is 10.6 Å². The van der Waals surface area contributed by atoms with Crippen LogP contribution in [0.3, 0.4) is 0 Å². The van der Waals surface area contributed by atoms with Gasteiger partial charge >= 0.3 is 6.03 Å². The fraction of sp³-hybridized carbons (Fsp3) is 0.250. The number of urea groups is 1.